The first-order valence-electron chi connectivity index (χ1n) is 10.2. The van der Waals surface area contributed by atoms with Gasteiger partial charge in [0.15, 0.2) is 0 Å². The van der Waals surface area contributed by atoms with Crippen LogP contribution in [0.2, 0.25) is 0 Å². The van der Waals surface area contributed by atoms with Crippen LogP contribution in [0.3, 0.4) is 0 Å². The lowest BCUT2D eigenvalue weighted by Crippen LogP contribution is -2.59. The van der Waals surface area contributed by atoms with Crippen molar-refractivity contribution in [1.82, 2.24) is 20.8 Å². The molecule has 32 heavy (non-hydrogen) atoms. The van der Waals surface area contributed by atoms with Gasteiger partial charge in [-0.05, 0) is 40.2 Å². The fourth-order valence-corrected chi connectivity index (χ4v) is 2.55. The lowest BCUT2D eigenvalue weighted by atomic mass is 10.0. The van der Waals surface area contributed by atoms with Crippen LogP contribution >= 0.6 is 0 Å². The number of H-pyrrole nitrogens is 1. The van der Waals surface area contributed by atoms with Crippen molar-refractivity contribution in [2.75, 3.05) is 11.9 Å². The molecule has 1 aromatic heterocycles. The fourth-order valence-electron chi connectivity index (χ4n) is 2.55. The molecule has 10 nitrogen and oxygen atoms in total. The van der Waals surface area contributed by atoms with Gasteiger partial charge in [-0.25, -0.2) is 4.79 Å². The summed E-state index contributed by atoms with van der Waals surface area (Å²) < 4.78 is 10.9. The topological polar surface area (TPSA) is 134 Å². The molecule has 0 fully saturated rings. The first-order chi connectivity index (χ1) is 15.0. The smallest absolute Gasteiger partial charge is 0.408 e. The summed E-state index contributed by atoms with van der Waals surface area (Å²) in [6.07, 6.45) is 2.21. The fraction of sp³-hybridized carbons (Fsp3) is 0.455. The predicted octanol–water partition coefficient (Wildman–Crippen LogP) is 2.35. The largest absolute Gasteiger partial charge is 0.444 e. The molecule has 1 atom stereocenters. The van der Waals surface area contributed by atoms with Crippen molar-refractivity contribution in [3.63, 3.8) is 0 Å². The Morgan fingerprint density at radius 1 is 1.09 bits per heavy atom. The van der Waals surface area contributed by atoms with Gasteiger partial charge in [0.25, 0.3) is 0 Å². The van der Waals surface area contributed by atoms with Gasteiger partial charge in [0.1, 0.15) is 17.2 Å². The monoisotopic (exact) mass is 445 g/mol. The zero-order valence-corrected chi connectivity index (χ0v) is 19.0. The van der Waals surface area contributed by atoms with Crippen molar-refractivity contribution in [3.05, 3.63) is 48.3 Å². The molecule has 1 aromatic carbocycles. The van der Waals surface area contributed by atoms with E-state index >= 15 is 0 Å². The molecular weight excluding hydrogens is 414 g/mol. The summed E-state index contributed by atoms with van der Waals surface area (Å²) in [6, 6.07) is 8.44. The molecule has 2 aromatic rings. The number of ether oxygens (including phenoxy) is 2. The van der Waals surface area contributed by atoms with Gasteiger partial charge in [0.05, 0.1) is 25.1 Å². The van der Waals surface area contributed by atoms with E-state index in [1.54, 1.807) is 20.8 Å². The number of benzene rings is 1. The molecule has 0 radical (unpaired) electrons. The second kappa shape index (κ2) is 10.8. The van der Waals surface area contributed by atoms with Gasteiger partial charge in [-0.15, -0.1) is 0 Å². The summed E-state index contributed by atoms with van der Waals surface area (Å²) in [4.78, 5) is 37.8. The summed E-state index contributed by atoms with van der Waals surface area (Å²) in [5.41, 5.74) is -0.673. The van der Waals surface area contributed by atoms with Gasteiger partial charge < -0.3 is 25.4 Å². The number of carbonyl (C=O) groups is 3. The molecule has 1 heterocycles. The maximum absolute atomic E-state index is 12.9. The molecule has 2 rings (SSSR count). The zero-order chi connectivity index (χ0) is 23.8. The number of nitrogens with one attached hydrogen (secondary N) is 4. The van der Waals surface area contributed by atoms with Gasteiger partial charge in [0, 0.05) is 6.20 Å². The van der Waals surface area contributed by atoms with Crippen molar-refractivity contribution < 1.29 is 23.9 Å². The van der Waals surface area contributed by atoms with Crippen molar-refractivity contribution >= 4 is 23.6 Å². The lowest BCUT2D eigenvalue weighted by molar-refractivity contribution is -0.131. The van der Waals surface area contributed by atoms with Gasteiger partial charge >= 0.3 is 6.09 Å². The molecule has 10 heteroatoms. The lowest BCUT2D eigenvalue weighted by Gasteiger charge is -2.29. The Bertz CT molecular complexity index is 891. The quantitative estimate of drug-likeness (QED) is 0.468. The van der Waals surface area contributed by atoms with Gasteiger partial charge in [-0.1, -0.05) is 30.3 Å². The third kappa shape index (κ3) is 8.38. The van der Waals surface area contributed by atoms with Crippen molar-refractivity contribution in [2.45, 2.75) is 58.4 Å². The van der Waals surface area contributed by atoms with Crippen LogP contribution in [0.1, 0.15) is 40.2 Å². The molecule has 0 saturated heterocycles. The van der Waals surface area contributed by atoms with E-state index in [-0.39, 0.29) is 13.2 Å². The normalized spacial score (nSPS) is 12.5. The summed E-state index contributed by atoms with van der Waals surface area (Å²) >= 11 is 0. The zero-order valence-electron chi connectivity index (χ0n) is 19.0. The van der Waals surface area contributed by atoms with E-state index in [1.165, 1.54) is 26.2 Å². The van der Waals surface area contributed by atoms with Crippen molar-refractivity contribution in [2.24, 2.45) is 0 Å². The molecular formula is C22H31N5O5. The van der Waals surface area contributed by atoms with Crippen molar-refractivity contribution in [3.8, 4) is 0 Å². The molecule has 0 spiro atoms. The Balaban J connectivity index is 2.03. The van der Waals surface area contributed by atoms with E-state index in [0.717, 1.165) is 5.56 Å². The minimum absolute atomic E-state index is 0.0766. The number of alkyl carbamates (subject to hydrolysis) is 1. The van der Waals surface area contributed by atoms with E-state index in [0.29, 0.717) is 5.69 Å². The van der Waals surface area contributed by atoms with Gasteiger partial charge in [-0.3, -0.25) is 14.7 Å². The Labute approximate surface area is 187 Å². The molecule has 0 aliphatic carbocycles. The van der Waals surface area contributed by atoms with Gasteiger partial charge in [-0.2, -0.15) is 5.10 Å². The number of hydrogen-bond donors (Lipinski definition) is 4. The minimum Gasteiger partial charge on any atom is -0.444 e. The van der Waals surface area contributed by atoms with E-state index in [9.17, 15) is 14.4 Å². The van der Waals surface area contributed by atoms with E-state index in [2.05, 4.69) is 26.1 Å². The molecule has 4 N–H and O–H groups in total. The number of nitrogens with zero attached hydrogens (tertiary/aromatic N) is 1. The Kier molecular flexibility index (Phi) is 8.36. The molecule has 0 unspecified atom stereocenters. The van der Waals surface area contributed by atoms with Crippen LogP contribution in [0, 0.1) is 0 Å². The molecule has 0 bridgehead atoms. The molecule has 0 aliphatic heterocycles. The van der Waals surface area contributed by atoms with E-state index in [4.69, 9.17) is 9.47 Å². The third-order valence-electron chi connectivity index (χ3n) is 4.16. The maximum atomic E-state index is 12.9. The number of amides is 3. The van der Waals surface area contributed by atoms with Crippen LogP contribution in [0.15, 0.2) is 42.7 Å². The number of rotatable bonds is 9. The average molecular weight is 446 g/mol. The number of hydrogen-bond acceptors (Lipinski definition) is 6. The van der Waals surface area contributed by atoms with Crippen LogP contribution in [-0.4, -0.2) is 51.9 Å². The predicted molar refractivity (Wildman–Crippen MR) is 119 cm³/mol. The van der Waals surface area contributed by atoms with Crippen LogP contribution in [0.4, 0.5) is 10.5 Å². The number of anilines is 1. The summed E-state index contributed by atoms with van der Waals surface area (Å²) in [5.74, 6) is -1.06. The highest BCUT2D eigenvalue weighted by Crippen LogP contribution is 2.11. The third-order valence-corrected chi connectivity index (χ3v) is 4.16. The van der Waals surface area contributed by atoms with Crippen molar-refractivity contribution in [1.29, 1.82) is 0 Å². The number of carbonyl (C=O) groups excluding carboxylic acids is 3. The first-order valence-corrected chi connectivity index (χ1v) is 10.2. The second-order valence-electron chi connectivity index (χ2n) is 8.75. The number of aromatic amines is 1. The maximum Gasteiger partial charge on any atom is 0.408 e. The summed E-state index contributed by atoms with van der Waals surface area (Å²) in [7, 11) is 0. The highest BCUT2D eigenvalue weighted by atomic mass is 16.6. The molecule has 174 valence electrons. The average Bonchev–Trinajstić information content (AvgIpc) is 3.18. The van der Waals surface area contributed by atoms with E-state index < -0.39 is 35.1 Å². The standard InChI is InChI=1S/C22H31N5O5/c1-21(2,3)32-20(30)27-22(4,5)19(29)26-17(18(28)25-16-11-23-24-12-16)14-31-13-15-9-7-6-8-10-15/h6-12,17H,13-14H2,1-5H3,(H,23,24)(H,25,28)(H,26,29)(H,27,30)/t17-/m1/s1. The van der Waals surface area contributed by atoms with E-state index in [1.807, 2.05) is 30.3 Å². The van der Waals surface area contributed by atoms with Gasteiger partial charge in [0.2, 0.25) is 11.8 Å². The summed E-state index contributed by atoms with van der Waals surface area (Å²) in [5, 5.41) is 14.2. The Hall–Kier alpha value is -3.40. The SMILES string of the molecule is CC(C)(C)OC(=O)NC(C)(C)C(=O)N[C@H](COCc1ccccc1)C(=O)Nc1cn[nH]c1. The summed E-state index contributed by atoms with van der Waals surface area (Å²) in [6.45, 7) is 8.39. The van der Waals surface area contributed by atoms with Crippen LogP contribution in [0.25, 0.3) is 0 Å². The molecule has 0 saturated carbocycles. The number of aromatic nitrogens is 2. The van der Waals surface area contributed by atoms with Crippen LogP contribution < -0.4 is 16.0 Å². The second-order valence-corrected chi connectivity index (χ2v) is 8.75. The minimum atomic E-state index is -1.34. The first kappa shape index (κ1) is 24.9. The molecule has 0 aliphatic rings. The highest BCUT2D eigenvalue weighted by molar-refractivity contribution is 5.99. The van der Waals surface area contributed by atoms with Crippen LogP contribution in [-0.2, 0) is 25.7 Å². The Morgan fingerprint density at radius 2 is 1.78 bits per heavy atom. The molecule has 3 amide bonds. The Morgan fingerprint density at radius 3 is 2.38 bits per heavy atom. The van der Waals surface area contributed by atoms with Crippen LogP contribution in [0.5, 0.6) is 0 Å². The highest BCUT2D eigenvalue weighted by Gasteiger charge is 2.34.